The fraction of sp³-hybridized carbons (Fsp3) is 0.133. The van der Waals surface area contributed by atoms with Crippen LogP contribution in [0.1, 0.15) is 12.5 Å². The van der Waals surface area contributed by atoms with Crippen molar-refractivity contribution in [2.24, 2.45) is 10.8 Å². The third-order valence-corrected chi connectivity index (χ3v) is 2.66. The molecule has 0 saturated heterocycles. The van der Waals surface area contributed by atoms with Crippen molar-refractivity contribution in [3.8, 4) is 5.75 Å². The van der Waals surface area contributed by atoms with Gasteiger partial charge in [-0.1, -0.05) is 6.07 Å². The number of anilines is 1. The van der Waals surface area contributed by atoms with Crippen molar-refractivity contribution in [1.29, 1.82) is 0 Å². The number of carbonyl (C=O) groups excluding carboxylic acids is 1. The Morgan fingerprint density at radius 2 is 2.05 bits per heavy atom. The largest absolute Gasteiger partial charge is 0.484 e. The van der Waals surface area contributed by atoms with Crippen LogP contribution in [0.15, 0.2) is 53.8 Å². The van der Waals surface area contributed by atoms with Gasteiger partial charge in [0.15, 0.2) is 6.61 Å². The van der Waals surface area contributed by atoms with Crippen molar-refractivity contribution < 1.29 is 9.53 Å². The van der Waals surface area contributed by atoms with Gasteiger partial charge in [0.25, 0.3) is 5.91 Å². The average Bonchev–Trinajstić information content (AvgIpc) is 2.52. The van der Waals surface area contributed by atoms with Crippen LogP contribution in [0.2, 0.25) is 0 Å². The number of nitrogens with zero attached hydrogens (tertiary/aromatic N) is 2. The van der Waals surface area contributed by atoms with Crippen molar-refractivity contribution in [2.45, 2.75) is 6.92 Å². The zero-order chi connectivity index (χ0) is 15.1. The number of pyridine rings is 1. The lowest BCUT2D eigenvalue weighted by Crippen LogP contribution is -2.20. The minimum Gasteiger partial charge on any atom is -0.484 e. The molecule has 0 unspecified atom stereocenters. The maximum Gasteiger partial charge on any atom is 0.255 e. The summed E-state index contributed by atoms with van der Waals surface area (Å²) in [6.45, 7) is 1.75. The Hall–Kier alpha value is -2.89. The second kappa shape index (κ2) is 7.04. The van der Waals surface area contributed by atoms with Crippen molar-refractivity contribution >= 4 is 17.4 Å². The summed E-state index contributed by atoms with van der Waals surface area (Å²) in [4.78, 5) is 14.7. The summed E-state index contributed by atoms with van der Waals surface area (Å²) in [5.74, 6) is 0.762. The van der Waals surface area contributed by atoms with Crippen LogP contribution in [0.3, 0.4) is 0 Å². The normalized spacial score (nSPS) is 11.0. The Kier molecular flexibility index (Phi) is 4.87. The fourth-order valence-corrected chi connectivity index (χ4v) is 1.58. The van der Waals surface area contributed by atoms with Crippen LogP contribution in [-0.4, -0.2) is 23.2 Å². The quantitative estimate of drug-likeness (QED) is 0.625. The van der Waals surface area contributed by atoms with Gasteiger partial charge in [-0.05, 0) is 48.9 Å². The molecule has 108 valence electrons. The molecule has 3 N–H and O–H groups in total. The molecule has 0 aliphatic rings. The van der Waals surface area contributed by atoms with Gasteiger partial charge >= 0.3 is 0 Å². The molecule has 0 saturated carbocycles. The molecular weight excluding hydrogens is 268 g/mol. The first kappa shape index (κ1) is 14.5. The molecule has 21 heavy (non-hydrogen) atoms. The van der Waals surface area contributed by atoms with E-state index >= 15 is 0 Å². The van der Waals surface area contributed by atoms with E-state index in [1.54, 1.807) is 18.3 Å². The highest BCUT2D eigenvalue weighted by atomic mass is 16.5. The summed E-state index contributed by atoms with van der Waals surface area (Å²) < 4.78 is 5.19. The van der Waals surface area contributed by atoms with Crippen molar-refractivity contribution in [1.82, 2.24) is 4.98 Å². The molecule has 1 aromatic heterocycles. The van der Waals surface area contributed by atoms with E-state index in [1.165, 1.54) is 0 Å². The molecule has 2 aromatic rings. The van der Waals surface area contributed by atoms with Gasteiger partial charge in [0.1, 0.15) is 11.6 Å². The first-order valence-corrected chi connectivity index (χ1v) is 6.38. The number of hydrogen-bond donors (Lipinski definition) is 2. The molecule has 1 aromatic carbocycles. The second-order valence-electron chi connectivity index (χ2n) is 4.30. The number of ether oxygens (including phenoxy) is 1. The van der Waals surface area contributed by atoms with Crippen LogP contribution < -0.4 is 15.9 Å². The van der Waals surface area contributed by atoms with E-state index < -0.39 is 5.91 Å². The zero-order valence-corrected chi connectivity index (χ0v) is 11.6. The van der Waals surface area contributed by atoms with E-state index in [-0.39, 0.29) is 6.61 Å². The predicted molar refractivity (Wildman–Crippen MR) is 81.2 cm³/mol. The molecule has 6 heteroatoms. The Balaban J connectivity index is 1.99. The summed E-state index contributed by atoms with van der Waals surface area (Å²) in [7, 11) is 0. The molecule has 0 aliphatic heterocycles. The molecule has 0 atom stereocenters. The van der Waals surface area contributed by atoms with Gasteiger partial charge in [-0.15, -0.1) is 0 Å². The number of amides is 1. The number of nitrogens with one attached hydrogen (secondary N) is 1. The molecular formula is C15H16N4O2. The third kappa shape index (κ3) is 4.61. The summed E-state index contributed by atoms with van der Waals surface area (Å²) in [6, 6.07) is 12.8. The first-order chi connectivity index (χ1) is 10.1. The Bertz CT molecular complexity index is 624. The number of nitrogens with two attached hydrogens (primary N) is 1. The summed E-state index contributed by atoms with van der Waals surface area (Å²) >= 11 is 0. The number of carbonyl (C=O) groups is 1. The average molecular weight is 284 g/mol. The lowest BCUT2D eigenvalue weighted by molar-refractivity contribution is -0.119. The van der Waals surface area contributed by atoms with Crippen LogP contribution in [0.4, 0.5) is 5.82 Å². The van der Waals surface area contributed by atoms with E-state index in [0.717, 1.165) is 11.3 Å². The topological polar surface area (TPSA) is 89.6 Å². The van der Waals surface area contributed by atoms with Gasteiger partial charge in [0.2, 0.25) is 0 Å². The third-order valence-electron chi connectivity index (χ3n) is 2.66. The highest BCUT2D eigenvalue weighted by molar-refractivity contribution is 5.99. The van der Waals surface area contributed by atoms with Gasteiger partial charge in [-0.25, -0.2) is 4.98 Å². The predicted octanol–water partition coefficient (Wildman–Crippen LogP) is 1.78. The monoisotopic (exact) mass is 284 g/mol. The van der Waals surface area contributed by atoms with E-state index in [2.05, 4.69) is 15.5 Å². The Morgan fingerprint density at radius 3 is 2.67 bits per heavy atom. The van der Waals surface area contributed by atoms with Gasteiger partial charge in [0, 0.05) is 6.20 Å². The first-order valence-electron chi connectivity index (χ1n) is 6.38. The number of hydrogen-bond acceptors (Lipinski definition) is 5. The SMILES string of the molecule is C/C(=N\Nc1ccccn1)c1ccc(OCC(N)=O)cc1. The molecule has 0 fully saturated rings. The summed E-state index contributed by atoms with van der Waals surface area (Å²) in [5.41, 5.74) is 9.64. The van der Waals surface area contributed by atoms with Crippen molar-refractivity contribution in [2.75, 3.05) is 12.0 Å². The Morgan fingerprint density at radius 1 is 1.29 bits per heavy atom. The van der Waals surface area contributed by atoms with Crippen LogP contribution in [0, 0.1) is 0 Å². The highest BCUT2D eigenvalue weighted by Crippen LogP contribution is 2.13. The summed E-state index contributed by atoms with van der Waals surface area (Å²) in [6.07, 6.45) is 1.69. The van der Waals surface area contributed by atoms with Crippen LogP contribution in [-0.2, 0) is 4.79 Å². The molecule has 0 radical (unpaired) electrons. The van der Waals surface area contributed by atoms with E-state index in [9.17, 15) is 4.79 Å². The van der Waals surface area contributed by atoms with E-state index in [1.807, 2.05) is 37.3 Å². The second-order valence-corrected chi connectivity index (χ2v) is 4.30. The summed E-state index contributed by atoms with van der Waals surface area (Å²) in [5, 5.41) is 4.26. The van der Waals surface area contributed by atoms with Crippen molar-refractivity contribution in [3.63, 3.8) is 0 Å². The lowest BCUT2D eigenvalue weighted by atomic mass is 10.1. The maximum atomic E-state index is 10.6. The fourth-order valence-electron chi connectivity index (χ4n) is 1.58. The molecule has 1 heterocycles. The van der Waals surface area contributed by atoms with Gasteiger partial charge < -0.3 is 10.5 Å². The highest BCUT2D eigenvalue weighted by Gasteiger charge is 2.01. The number of benzene rings is 1. The number of aromatic nitrogens is 1. The van der Waals surface area contributed by atoms with Gasteiger partial charge in [-0.2, -0.15) is 5.10 Å². The molecule has 0 aliphatic carbocycles. The van der Waals surface area contributed by atoms with E-state index in [0.29, 0.717) is 11.6 Å². The molecule has 0 bridgehead atoms. The zero-order valence-electron chi connectivity index (χ0n) is 11.6. The van der Waals surface area contributed by atoms with Crippen LogP contribution in [0.25, 0.3) is 0 Å². The van der Waals surface area contributed by atoms with Gasteiger partial charge in [0.05, 0.1) is 5.71 Å². The minimum atomic E-state index is -0.503. The molecule has 6 nitrogen and oxygen atoms in total. The maximum absolute atomic E-state index is 10.6. The smallest absolute Gasteiger partial charge is 0.255 e. The Labute approximate surface area is 122 Å². The van der Waals surface area contributed by atoms with Gasteiger partial charge in [-0.3, -0.25) is 10.2 Å². The molecule has 1 amide bonds. The minimum absolute atomic E-state index is 0.131. The standard InChI is InChI=1S/C15H16N4O2/c1-11(18-19-15-4-2-3-9-17-15)12-5-7-13(8-6-12)21-10-14(16)20/h2-9H,10H2,1H3,(H2,16,20)(H,17,19)/b18-11+. The molecule has 2 rings (SSSR count). The number of hydrazone groups is 1. The van der Waals surface area contributed by atoms with E-state index in [4.69, 9.17) is 10.5 Å². The number of primary amides is 1. The number of rotatable bonds is 6. The molecule has 0 spiro atoms. The van der Waals surface area contributed by atoms with Crippen LogP contribution >= 0.6 is 0 Å². The van der Waals surface area contributed by atoms with Crippen molar-refractivity contribution in [3.05, 3.63) is 54.2 Å². The lowest BCUT2D eigenvalue weighted by Gasteiger charge is -2.06. The van der Waals surface area contributed by atoms with Crippen LogP contribution in [0.5, 0.6) is 5.75 Å².